The van der Waals surface area contributed by atoms with Crippen LogP contribution in [0.15, 0.2) is 45.3 Å². The number of carbonyl (C=O) groups excluding carboxylic acids is 3. The van der Waals surface area contributed by atoms with Crippen LogP contribution < -0.4 is 16.4 Å². The monoisotopic (exact) mass is 563 g/mol. The lowest BCUT2D eigenvalue weighted by Gasteiger charge is -2.40. The molecule has 0 unspecified atom stereocenters. The Morgan fingerprint density at radius 3 is 2.47 bits per heavy atom. The second kappa shape index (κ2) is 9.50. The summed E-state index contributed by atoms with van der Waals surface area (Å²) >= 11 is 6.65. The number of rotatable bonds is 4. The molecule has 32 heavy (non-hydrogen) atoms. The number of carbonyl (C=O) groups is 3. The highest BCUT2D eigenvalue weighted by atomic mass is 79.9. The minimum absolute atomic E-state index is 0.0681. The number of ketones is 1. The number of fused-ring (bicyclic) bond motifs is 1. The molecule has 168 valence electrons. The molecule has 2 aromatic carbocycles. The number of Topliss-reactive ketones (excluding diaryl/α,β-unsaturated/α-hetero) is 1. The lowest BCUT2D eigenvalue weighted by molar-refractivity contribution is 0.0981. The van der Waals surface area contributed by atoms with Crippen molar-refractivity contribution in [1.29, 1.82) is 0 Å². The maximum Gasteiger partial charge on any atom is 0.322 e. The highest BCUT2D eigenvalue weighted by Crippen LogP contribution is 2.30. The van der Waals surface area contributed by atoms with Crippen LogP contribution in [-0.2, 0) is 6.54 Å². The van der Waals surface area contributed by atoms with E-state index in [1.54, 1.807) is 17.0 Å². The fourth-order valence-corrected chi connectivity index (χ4v) is 5.20. The molecule has 0 bridgehead atoms. The zero-order chi connectivity index (χ0) is 22.8. The van der Waals surface area contributed by atoms with Crippen LogP contribution in [0.5, 0.6) is 0 Å². The molecule has 1 fully saturated rings. The second-order valence-corrected chi connectivity index (χ2v) is 9.58. The van der Waals surface area contributed by atoms with Gasteiger partial charge in [0.2, 0.25) is 0 Å². The van der Waals surface area contributed by atoms with Gasteiger partial charge in [-0.2, -0.15) is 0 Å². The van der Waals surface area contributed by atoms with Gasteiger partial charge in [-0.1, -0.05) is 18.2 Å². The van der Waals surface area contributed by atoms with Gasteiger partial charge in [0.15, 0.2) is 5.78 Å². The summed E-state index contributed by atoms with van der Waals surface area (Å²) in [5.74, 6) is -0.210. The smallest absolute Gasteiger partial charge is 0.322 e. The Morgan fingerprint density at radius 2 is 1.78 bits per heavy atom. The minimum Gasteiger partial charge on any atom is -0.397 e. The summed E-state index contributed by atoms with van der Waals surface area (Å²) in [5.41, 5.74) is 8.77. The molecule has 0 spiro atoms. The van der Waals surface area contributed by atoms with Gasteiger partial charge in [-0.15, -0.1) is 0 Å². The quantitative estimate of drug-likeness (QED) is 0.382. The Labute approximate surface area is 202 Å². The van der Waals surface area contributed by atoms with Gasteiger partial charge in [-0.25, -0.2) is 9.59 Å². The number of hydrogen-bond acceptors (Lipinski definition) is 4. The van der Waals surface area contributed by atoms with E-state index >= 15 is 0 Å². The normalized spacial score (nSPS) is 16.4. The number of nitrogens with two attached hydrogens (primary N) is 1. The molecule has 4 N–H and O–H groups in total. The van der Waals surface area contributed by atoms with E-state index < -0.39 is 0 Å². The van der Waals surface area contributed by atoms with E-state index in [2.05, 4.69) is 42.5 Å². The third-order valence-electron chi connectivity index (χ3n) is 5.85. The summed E-state index contributed by atoms with van der Waals surface area (Å²) < 4.78 is 1.24. The van der Waals surface area contributed by atoms with Crippen molar-refractivity contribution >= 4 is 61.1 Å². The number of hydrogen-bond donors (Lipinski definition) is 3. The SMILES string of the molecule is Nc1c(Br)cc(C(=O)CNC(=O)N2CCC(N3Cc4ccccc4NC3=O)CC2)cc1Br. The van der Waals surface area contributed by atoms with Crippen LogP contribution in [0.1, 0.15) is 28.8 Å². The number of likely N-dealkylation sites (tertiary alicyclic amines) is 1. The number of halogens is 2. The Bertz CT molecular complexity index is 1050. The van der Waals surface area contributed by atoms with Crippen molar-refractivity contribution in [3.05, 3.63) is 56.5 Å². The zero-order valence-electron chi connectivity index (χ0n) is 17.2. The molecule has 4 rings (SSSR count). The third-order valence-corrected chi connectivity index (χ3v) is 7.17. The van der Waals surface area contributed by atoms with Crippen molar-refractivity contribution in [2.45, 2.75) is 25.4 Å². The summed E-state index contributed by atoms with van der Waals surface area (Å²) in [4.78, 5) is 41.1. The molecular formula is C22H23Br2N5O3. The van der Waals surface area contributed by atoms with Gasteiger partial charge in [0.25, 0.3) is 0 Å². The topological polar surface area (TPSA) is 108 Å². The fraction of sp³-hybridized carbons (Fsp3) is 0.318. The predicted octanol–water partition coefficient (Wildman–Crippen LogP) is 4.20. The van der Waals surface area contributed by atoms with Crippen molar-refractivity contribution in [2.24, 2.45) is 0 Å². The molecule has 10 heteroatoms. The Balaban J connectivity index is 1.28. The minimum atomic E-state index is -0.279. The first-order valence-corrected chi connectivity index (χ1v) is 11.9. The van der Waals surface area contributed by atoms with E-state index in [1.807, 2.05) is 29.2 Å². The number of nitrogen functional groups attached to an aromatic ring is 1. The summed E-state index contributed by atoms with van der Waals surface area (Å²) in [7, 11) is 0. The van der Waals surface area contributed by atoms with Crippen LogP contribution in [0.25, 0.3) is 0 Å². The number of nitrogens with zero attached hydrogens (tertiary/aromatic N) is 2. The van der Waals surface area contributed by atoms with Crippen molar-refractivity contribution in [2.75, 3.05) is 30.7 Å². The van der Waals surface area contributed by atoms with Crippen LogP contribution in [0.3, 0.4) is 0 Å². The van der Waals surface area contributed by atoms with Crippen molar-refractivity contribution in [3.8, 4) is 0 Å². The molecule has 0 saturated carbocycles. The van der Waals surface area contributed by atoms with Crippen LogP contribution in [0.2, 0.25) is 0 Å². The summed E-state index contributed by atoms with van der Waals surface area (Å²) in [6.45, 7) is 1.51. The molecule has 2 aliphatic heterocycles. The van der Waals surface area contributed by atoms with Gasteiger partial charge >= 0.3 is 12.1 Å². The first-order valence-electron chi connectivity index (χ1n) is 10.3. The van der Waals surface area contributed by atoms with E-state index in [0.717, 1.165) is 11.3 Å². The molecule has 2 aliphatic rings. The van der Waals surface area contributed by atoms with Gasteiger partial charge in [0.1, 0.15) is 0 Å². The third kappa shape index (κ3) is 4.75. The molecule has 0 aliphatic carbocycles. The zero-order valence-corrected chi connectivity index (χ0v) is 20.4. The Morgan fingerprint density at radius 1 is 1.12 bits per heavy atom. The van der Waals surface area contributed by atoms with E-state index in [0.29, 0.717) is 52.7 Å². The van der Waals surface area contributed by atoms with Crippen LogP contribution in [-0.4, -0.2) is 53.3 Å². The first-order chi connectivity index (χ1) is 15.3. The van der Waals surface area contributed by atoms with Gasteiger partial charge in [0, 0.05) is 45.9 Å². The van der Waals surface area contributed by atoms with Gasteiger partial charge in [-0.3, -0.25) is 4.79 Å². The number of piperidine rings is 1. The molecule has 0 aromatic heterocycles. The molecule has 1 saturated heterocycles. The number of nitrogens with one attached hydrogen (secondary N) is 2. The molecule has 8 nitrogen and oxygen atoms in total. The number of amides is 4. The second-order valence-electron chi connectivity index (χ2n) is 7.87. The Hall–Kier alpha value is -2.59. The molecule has 2 aromatic rings. The lowest BCUT2D eigenvalue weighted by atomic mass is 10.0. The molecule has 4 amide bonds. The lowest BCUT2D eigenvalue weighted by Crippen LogP contribution is -2.52. The van der Waals surface area contributed by atoms with E-state index in [-0.39, 0.29) is 30.4 Å². The van der Waals surface area contributed by atoms with Crippen molar-refractivity contribution in [1.82, 2.24) is 15.1 Å². The van der Waals surface area contributed by atoms with Crippen molar-refractivity contribution in [3.63, 3.8) is 0 Å². The largest absolute Gasteiger partial charge is 0.397 e. The standard InChI is InChI=1S/C22H23Br2N5O3/c23-16-9-14(10-17(24)20(16)25)19(30)11-26-21(31)28-7-5-15(6-8-28)29-12-13-3-1-2-4-18(13)27-22(29)32/h1-4,9-10,15H,5-8,11-12,25H2,(H,26,31)(H,27,32). The van der Waals surface area contributed by atoms with Crippen molar-refractivity contribution < 1.29 is 14.4 Å². The van der Waals surface area contributed by atoms with Crippen LogP contribution in [0, 0.1) is 0 Å². The van der Waals surface area contributed by atoms with E-state index in [9.17, 15) is 14.4 Å². The van der Waals surface area contributed by atoms with Crippen LogP contribution >= 0.6 is 31.9 Å². The molecule has 0 radical (unpaired) electrons. The van der Waals surface area contributed by atoms with E-state index in [4.69, 9.17) is 5.73 Å². The molecular weight excluding hydrogens is 542 g/mol. The van der Waals surface area contributed by atoms with Gasteiger partial charge in [-0.05, 0) is 68.5 Å². The summed E-state index contributed by atoms with van der Waals surface area (Å²) in [5, 5.41) is 5.65. The number of anilines is 2. The number of para-hydroxylation sites is 1. The predicted molar refractivity (Wildman–Crippen MR) is 130 cm³/mol. The molecule has 0 atom stereocenters. The average molecular weight is 565 g/mol. The Kier molecular flexibility index (Phi) is 6.71. The van der Waals surface area contributed by atoms with E-state index in [1.165, 1.54) is 0 Å². The average Bonchev–Trinajstić information content (AvgIpc) is 2.80. The van der Waals surface area contributed by atoms with Crippen LogP contribution in [0.4, 0.5) is 21.0 Å². The fourth-order valence-electron chi connectivity index (χ4n) is 4.01. The summed E-state index contributed by atoms with van der Waals surface area (Å²) in [6.07, 6.45) is 1.38. The number of urea groups is 2. The highest BCUT2D eigenvalue weighted by molar-refractivity contribution is 9.11. The van der Waals surface area contributed by atoms with Gasteiger partial charge in [0.05, 0.1) is 12.2 Å². The molecule has 2 heterocycles. The highest BCUT2D eigenvalue weighted by Gasteiger charge is 2.32. The van der Waals surface area contributed by atoms with Gasteiger partial charge < -0.3 is 26.2 Å². The maximum atomic E-state index is 12.6. The maximum absolute atomic E-state index is 12.6. The number of benzene rings is 2. The summed E-state index contributed by atoms with van der Waals surface area (Å²) in [6, 6.07) is 10.8. The first kappa shape index (κ1) is 22.6.